The van der Waals surface area contributed by atoms with Crippen LogP contribution in [0.25, 0.3) is 0 Å². The Balaban J connectivity index is 1.61. The van der Waals surface area contributed by atoms with Gasteiger partial charge in [0.2, 0.25) is 0 Å². The molecule has 39 heavy (non-hydrogen) atoms. The minimum atomic E-state index is -0.663. The molecule has 0 bridgehead atoms. The molecule has 1 heterocycles. The highest BCUT2D eigenvalue weighted by molar-refractivity contribution is 5.72. The fourth-order valence-corrected chi connectivity index (χ4v) is 5.02. The van der Waals surface area contributed by atoms with Crippen LogP contribution in [0, 0.1) is 5.92 Å². The second-order valence-electron chi connectivity index (χ2n) is 10.9. The predicted octanol–water partition coefficient (Wildman–Crippen LogP) is 6.49. The molecular formula is C32H38N2O5. The van der Waals surface area contributed by atoms with Crippen LogP contribution in [0.3, 0.4) is 0 Å². The zero-order valence-electron chi connectivity index (χ0n) is 23.1. The van der Waals surface area contributed by atoms with E-state index in [-0.39, 0.29) is 18.6 Å². The quantitative estimate of drug-likeness (QED) is 0.360. The number of benzene rings is 3. The van der Waals surface area contributed by atoms with Crippen LogP contribution in [0.1, 0.15) is 50.4 Å². The van der Waals surface area contributed by atoms with Gasteiger partial charge in [0.1, 0.15) is 12.2 Å². The number of alkyl carbamates (subject to hydrolysis) is 1. The molecular weight excluding hydrogens is 492 g/mol. The summed E-state index contributed by atoms with van der Waals surface area (Å²) in [5, 5.41) is 3.08. The van der Waals surface area contributed by atoms with Crippen LogP contribution in [0.4, 0.5) is 9.59 Å². The van der Waals surface area contributed by atoms with Crippen molar-refractivity contribution in [2.45, 2.75) is 64.6 Å². The molecule has 7 nitrogen and oxygen atoms in total. The lowest BCUT2D eigenvalue weighted by Gasteiger charge is -2.30. The topological polar surface area (TPSA) is 77.1 Å². The van der Waals surface area contributed by atoms with Gasteiger partial charge in [-0.3, -0.25) is 4.90 Å². The van der Waals surface area contributed by atoms with Crippen molar-refractivity contribution in [3.8, 4) is 0 Å². The lowest BCUT2D eigenvalue weighted by Crippen LogP contribution is -2.46. The van der Waals surface area contributed by atoms with Gasteiger partial charge in [0.05, 0.1) is 25.3 Å². The lowest BCUT2D eigenvalue weighted by molar-refractivity contribution is 0.0424. The van der Waals surface area contributed by atoms with Crippen LogP contribution in [0.5, 0.6) is 0 Å². The number of nitrogens with one attached hydrogen (secondary N) is 1. The minimum absolute atomic E-state index is 0.156. The summed E-state index contributed by atoms with van der Waals surface area (Å²) in [5.41, 5.74) is 2.19. The maximum absolute atomic E-state index is 13.6. The Kier molecular flexibility index (Phi) is 9.25. The third-order valence-electron chi connectivity index (χ3n) is 6.82. The highest BCUT2D eigenvalue weighted by atomic mass is 16.6. The predicted molar refractivity (Wildman–Crippen MR) is 150 cm³/mol. The van der Waals surface area contributed by atoms with Crippen molar-refractivity contribution < 1.29 is 23.8 Å². The molecule has 0 saturated carbocycles. The second kappa shape index (κ2) is 12.8. The molecule has 1 fully saturated rings. The van der Waals surface area contributed by atoms with Crippen LogP contribution in [-0.4, -0.2) is 41.4 Å². The molecule has 1 aliphatic rings. The van der Waals surface area contributed by atoms with Crippen molar-refractivity contribution in [3.63, 3.8) is 0 Å². The van der Waals surface area contributed by atoms with E-state index in [4.69, 9.17) is 14.2 Å². The van der Waals surface area contributed by atoms with Crippen molar-refractivity contribution in [2.75, 3.05) is 6.61 Å². The summed E-state index contributed by atoms with van der Waals surface area (Å²) in [4.78, 5) is 28.4. The number of nitrogens with zero attached hydrogens (tertiary/aromatic N) is 1. The SMILES string of the molecule is C[C@@H]1[C@H](COCc2ccccc2)[C@H](NC(=O)OC(C)(C)C)[C@H](c2ccccc2)N1C(=O)OCc1ccccc1. The number of hydrogen-bond acceptors (Lipinski definition) is 5. The molecule has 1 saturated heterocycles. The standard InChI is InChI=1S/C32H38N2O5/c1-23-27(22-37-20-24-14-8-5-9-15-24)28(33-30(35)39-32(2,3)4)29(26-18-12-7-13-19-26)34(23)31(36)38-21-25-16-10-6-11-17-25/h5-19,23,27-29H,20-22H2,1-4H3,(H,33,35)/t23-,27+,28+,29+/m1/s1. The van der Waals surface area contributed by atoms with E-state index >= 15 is 0 Å². The van der Waals surface area contributed by atoms with E-state index in [2.05, 4.69) is 5.32 Å². The first-order valence-corrected chi connectivity index (χ1v) is 13.4. The summed E-state index contributed by atoms with van der Waals surface area (Å²) in [6, 6.07) is 28.0. The monoisotopic (exact) mass is 530 g/mol. The molecule has 206 valence electrons. The van der Waals surface area contributed by atoms with Crippen LogP contribution in [0.2, 0.25) is 0 Å². The van der Waals surface area contributed by atoms with Crippen LogP contribution < -0.4 is 5.32 Å². The van der Waals surface area contributed by atoms with E-state index < -0.39 is 29.9 Å². The van der Waals surface area contributed by atoms with Gasteiger partial charge < -0.3 is 19.5 Å². The molecule has 0 aromatic heterocycles. The number of amides is 2. The van der Waals surface area contributed by atoms with Crippen LogP contribution in [0.15, 0.2) is 91.0 Å². The molecule has 4 atom stereocenters. The number of carbonyl (C=O) groups excluding carboxylic acids is 2. The Labute approximate surface area is 231 Å². The van der Waals surface area contributed by atoms with Crippen molar-refractivity contribution in [1.29, 1.82) is 0 Å². The van der Waals surface area contributed by atoms with E-state index in [9.17, 15) is 9.59 Å². The Hall–Kier alpha value is -3.84. The van der Waals surface area contributed by atoms with Crippen LogP contribution >= 0.6 is 0 Å². The van der Waals surface area contributed by atoms with Gasteiger partial charge in [-0.25, -0.2) is 9.59 Å². The summed E-state index contributed by atoms with van der Waals surface area (Å²) in [6.45, 7) is 8.38. The molecule has 7 heteroatoms. The third-order valence-corrected chi connectivity index (χ3v) is 6.82. The zero-order valence-corrected chi connectivity index (χ0v) is 23.1. The van der Waals surface area contributed by atoms with E-state index in [1.54, 1.807) is 4.90 Å². The largest absolute Gasteiger partial charge is 0.445 e. The summed E-state index contributed by atoms with van der Waals surface area (Å²) in [6.07, 6.45) is -0.977. The maximum atomic E-state index is 13.6. The fourth-order valence-electron chi connectivity index (χ4n) is 5.02. The zero-order chi connectivity index (χ0) is 27.8. The number of carbonyl (C=O) groups is 2. The van der Waals surface area contributed by atoms with Gasteiger partial charge in [0, 0.05) is 12.0 Å². The smallest absolute Gasteiger partial charge is 0.410 e. The van der Waals surface area contributed by atoms with Gasteiger partial charge in [0.25, 0.3) is 0 Å². The first-order chi connectivity index (χ1) is 18.7. The van der Waals surface area contributed by atoms with E-state index in [0.29, 0.717) is 13.2 Å². The molecule has 0 unspecified atom stereocenters. The number of likely N-dealkylation sites (tertiary alicyclic amines) is 1. The molecule has 0 spiro atoms. The lowest BCUT2D eigenvalue weighted by atomic mass is 9.92. The van der Waals surface area contributed by atoms with E-state index in [0.717, 1.165) is 16.7 Å². The summed E-state index contributed by atoms with van der Waals surface area (Å²) >= 11 is 0. The summed E-state index contributed by atoms with van der Waals surface area (Å²) in [7, 11) is 0. The second-order valence-corrected chi connectivity index (χ2v) is 10.9. The van der Waals surface area contributed by atoms with Gasteiger partial charge >= 0.3 is 12.2 Å². The maximum Gasteiger partial charge on any atom is 0.410 e. The van der Waals surface area contributed by atoms with E-state index in [1.807, 2.05) is 119 Å². The molecule has 0 aliphatic carbocycles. The Bertz CT molecular complexity index is 1200. The number of hydrogen-bond donors (Lipinski definition) is 1. The molecule has 1 aliphatic heterocycles. The van der Waals surface area contributed by atoms with E-state index in [1.165, 1.54) is 0 Å². The molecule has 3 aromatic carbocycles. The number of ether oxygens (including phenoxy) is 3. The molecule has 1 N–H and O–H groups in total. The van der Waals surface area contributed by atoms with Gasteiger partial charge in [-0.05, 0) is 44.4 Å². The Morgan fingerprint density at radius 2 is 1.36 bits per heavy atom. The highest BCUT2D eigenvalue weighted by Gasteiger charge is 2.51. The fraction of sp³-hybridized carbons (Fsp3) is 0.375. The highest BCUT2D eigenvalue weighted by Crippen LogP contribution is 2.41. The molecule has 2 amide bonds. The van der Waals surface area contributed by atoms with Crippen LogP contribution in [-0.2, 0) is 27.4 Å². The Morgan fingerprint density at radius 3 is 1.92 bits per heavy atom. The summed E-state index contributed by atoms with van der Waals surface area (Å²) in [5.74, 6) is -0.212. The minimum Gasteiger partial charge on any atom is -0.445 e. The average molecular weight is 531 g/mol. The van der Waals surface area contributed by atoms with Gasteiger partial charge in [-0.2, -0.15) is 0 Å². The van der Waals surface area contributed by atoms with Gasteiger partial charge in [-0.1, -0.05) is 91.0 Å². The molecule has 0 radical (unpaired) electrons. The third kappa shape index (κ3) is 7.60. The normalized spacial score (nSPS) is 20.9. The van der Waals surface area contributed by atoms with Crippen molar-refractivity contribution in [2.24, 2.45) is 5.92 Å². The number of rotatable bonds is 8. The van der Waals surface area contributed by atoms with Crippen molar-refractivity contribution >= 4 is 12.2 Å². The molecule has 4 rings (SSSR count). The molecule has 3 aromatic rings. The van der Waals surface area contributed by atoms with Gasteiger partial charge in [0.15, 0.2) is 0 Å². The van der Waals surface area contributed by atoms with Crippen molar-refractivity contribution in [1.82, 2.24) is 10.2 Å². The van der Waals surface area contributed by atoms with Gasteiger partial charge in [-0.15, -0.1) is 0 Å². The summed E-state index contributed by atoms with van der Waals surface area (Å²) < 4.78 is 17.6. The first kappa shape index (κ1) is 28.2. The van der Waals surface area contributed by atoms with Crippen molar-refractivity contribution in [3.05, 3.63) is 108 Å². The first-order valence-electron chi connectivity index (χ1n) is 13.4. The average Bonchev–Trinajstić information content (AvgIpc) is 3.18. The Morgan fingerprint density at radius 1 is 0.821 bits per heavy atom.